The fourth-order valence-corrected chi connectivity index (χ4v) is 2.37. The fourth-order valence-electron chi connectivity index (χ4n) is 2.37. The molecule has 0 amide bonds. The minimum Gasteiger partial charge on any atom is -0.323 e. The monoisotopic (exact) mass is 278 g/mol. The second-order valence-electron chi connectivity index (χ2n) is 5.59. The number of ether oxygens (including phenoxy) is 1. The van der Waals surface area contributed by atoms with E-state index < -0.39 is 0 Å². The van der Waals surface area contributed by atoms with Crippen molar-refractivity contribution in [2.24, 2.45) is 0 Å². The molecule has 0 aliphatic carbocycles. The molecule has 1 aromatic rings. The number of unbranched alkanes of at least 4 members (excludes halogenated alkanes) is 7. The number of aromatic nitrogens is 1. The van der Waals surface area contributed by atoms with Gasteiger partial charge in [-0.15, -0.1) is 0 Å². The van der Waals surface area contributed by atoms with Crippen LogP contribution < -0.4 is 4.57 Å². The zero-order chi connectivity index (χ0) is 14.5. The van der Waals surface area contributed by atoms with Gasteiger partial charge in [0.2, 0.25) is 0 Å². The lowest BCUT2D eigenvalue weighted by Crippen LogP contribution is -2.34. The molecule has 1 aromatic heterocycles. The predicted molar refractivity (Wildman–Crippen MR) is 84.6 cm³/mol. The highest BCUT2D eigenvalue weighted by Gasteiger charge is 2.01. The van der Waals surface area contributed by atoms with Gasteiger partial charge >= 0.3 is 0 Å². The molecule has 0 unspecified atom stereocenters. The molecule has 2 heteroatoms. The second kappa shape index (κ2) is 11.9. The average molecular weight is 278 g/mol. The minimum atomic E-state index is 0.685. The molecule has 0 radical (unpaired) electrons. The molecule has 114 valence electrons. The smallest absolute Gasteiger partial charge is 0.252 e. The summed E-state index contributed by atoms with van der Waals surface area (Å²) in [5.41, 5.74) is 1.36. The number of rotatable bonds is 12. The quantitative estimate of drug-likeness (QED) is 0.400. The average Bonchev–Trinajstić information content (AvgIpc) is 2.49. The van der Waals surface area contributed by atoms with Crippen LogP contribution in [0.2, 0.25) is 0 Å². The summed E-state index contributed by atoms with van der Waals surface area (Å²) in [4.78, 5) is 0. The molecule has 1 rings (SSSR count). The van der Waals surface area contributed by atoms with Gasteiger partial charge in [-0.05, 0) is 18.9 Å². The Kier molecular flexibility index (Phi) is 10.2. The van der Waals surface area contributed by atoms with Gasteiger partial charge in [-0.2, -0.15) is 4.57 Å². The molecule has 2 nitrogen and oxygen atoms in total. The summed E-state index contributed by atoms with van der Waals surface area (Å²) >= 11 is 0. The molecule has 0 fully saturated rings. The molecule has 0 aliphatic rings. The Hall–Kier alpha value is -0.890. The molecule has 0 aliphatic heterocycles. The minimum absolute atomic E-state index is 0.685. The van der Waals surface area contributed by atoms with E-state index in [1.54, 1.807) is 0 Å². The van der Waals surface area contributed by atoms with E-state index in [4.69, 9.17) is 4.74 Å². The van der Waals surface area contributed by atoms with Crippen LogP contribution in [0.25, 0.3) is 0 Å². The second-order valence-corrected chi connectivity index (χ2v) is 5.59. The van der Waals surface area contributed by atoms with Crippen molar-refractivity contribution in [2.45, 2.75) is 78.4 Å². The van der Waals surface area contributed by atoms with Crippen LogP contribution in [0.4, 0.5) is 0 Å². The van der Waals surface area contributed by atoms with E-state index in [-0.39, 0.29) is 0 Å². The summed E-state index contributed by atoms with van der Waals surface area (Å²) < 4.78 is 7.86. The summed E-state index contributed by atoms with van der Waals surface area (Å²) in [7, 11) is 0. The zero-order valence-corrected chi connectivity index (χ0v) is 13.4. The molecule has 0 saturated carbocycles. The third-order valence-electron chi connectivity index (χ3n) is 3.71. The zero-order valence-electron chi connectivity index (χ0n) is 13.4. The topological polar surface area (TPSA) is 13.1 Å². The molecule has 0 saturated heterocycles. The maximum absolute atomic E-state index is 5.73. The van der Waals surface area contributed by atoms with Gasteiger partial charge in [0.25, 0.3) is 6.73 Å². The van der Waals surface area contributed by atoms with Crippen LogP contribution in [0.5, 0.6) is 0 Å². The van der Waals surface area contributed by atoms with Crippen molar-refractivity contribution in [2.75, 3.05) is 6.61 Å². The van der Waals surface area contributed by atoms with E-state index in [9.17, 15) is 0 Å². The summed E-state index contributed by atoms with van der Waals surface area (Å²) in [6, 6.07) is 4.26. The van der Waals surface area contributed by atoms with Gasteiger partial charge in [0, 0.05) is 11.6 Å². The number of hydrogen-bond donors (Lipinski definition) is 0. The standard InChI is InChI=1S/C18H32NO/c1-3-5-6-7-8-9-10-11-15-20-17-19-14-12-13-18(4-2)16-19/h12-14,16H,3-11,15,17H2,1-2H3/q+1. The van der Waals surface area contributed by atoms with Crippen molar-refractivity contribution in [1.82, 2.24) is 0 Å². The third kappa shape index (κ3) is 8.31. The van der Waals surface area contributed by atoms with Crippen LogP contribution in [0.15, 0.2) is 24.5 Å². The predicted octanol–water partition coefficient (Wildman–Crippen LogP) is 4.65. The van der Waals surface area contributed by atoms with Gasteiger partial charge in [-0.25, -0.2) is 0 Å². The number of pyridine rings is 1. The Morgan fingerprint density at radius 1 is 0.950 bits per heavy atom. The van der Waals surface area contributed by atoms with Crippen LogP contribution >= 0.6 is 0 Å². The number of aryl methyl sites for hydroxylation is 1. The maximum Gasteiger partial charge on any atom is 0.252 e. The first-order valence-electron chi connectivity index (χ1n) is 8.42. The normalized spacial score (nSPS) is 10.9. The molecular weight excluding hydrogens is 246 g/mol. The summed E-state index contributed by atoms with van der Waals surface area (Å²) in [5, 5.41) is 0. The fraction of sp³-hybridized carbons (Fsp3) is 0.722. The lowest BCUT2D eigenvalue weighted by Gasteiger charge is -2.03. The highest BCUT2D eigenvalue weighted by Crippen LogP contribution is 2.08. The Morgan fingerprint density at radius 3 is 2.35 bits per heavy atom. The van der Waals surface area contributed by atoms with Gasteiger partial charge in [-0.3, -0.25) is 0 Å². The molecule has 0 N–H and O–H groups in total. The first-order chi connectivity index (χ1) is 9.86. The molecule has 1 heterocycles. The first-order valence-corrected chi connectivity index (χ1v) is 8.42. The third-order valence-corrected chi connectivity index (χ3v) is 3.71. The van der Waals surface area contributed by atoms with E-state index in [0.29, 0.717) is 6.73 Å². The van der Waals surface area contributed by atoms with Gasteiger partial charge in [0.1, 0.15) is 0 Å². The van der Waals surface area contributed by atoms with Crippen molar-refractivity contribution >= 4 is 0 Å². The lowest BCUT2D eigenvalue weighted by atomic mass is 10.1. The molecule has 20 heavy (non-hydrogen) atoms. The van der Waals surface area contributed by atoms with Crippen LogP contribution in [-0.4, -0.2) is 6.61 Å². The van der Waals surface area contributed by atoms with Crippen molar-refractivity contribution < 1.29 is 9.30 Å². The molecule has 0 aromatic carbocycles. The van der Waals surface area contributed by atoms with Crippen LogP contribution in [0.1, 0.15) is 70.8 Å². The Bertz CT molecular complexity index is 338. The SMILES string of the molecule is CCCCCCCCCCOC[n+]1cccc(CC)c1. The largest absolute Gasteiger partial charge is 0.323 e. The van der Waals surface area contributed by atoms with Gasteiger partial charge < -0.3 is 4.74 Å². The Labute approximate surface area is 125 Å². The highest BCUT2D eigenvalue weighted by atomic mass is 16.5. The van der Waals surface area contributed by atoms with Crippen LogP contribution in [0.3, 0.4) is 0 Å². The van der Waals surface area contributed by atoms with E-state index in [1.165, 1.54) is 56.9 Å². The highest BCUT2D eigenvalue weighted by molar-refractivity contribution is 5.04. The summed E-state index contributed by atoms with van der Waals surface area (Å²) in [5.74, 6) is 0. The molecular formula is C18H32NO+. The molecule has 0 atom stereocenters. The maximum atomic E-state index is 5.73. The van der Waals surface area contributed by atoms with Gasteiger partial charge in [-0.1, -0.05) is 58.8 Å². The number of hydrogen-bond acceptors (Lipinski definition) is 1. The van der Waals surface area contributed by atoms with Crippen LogP contribution in [0, 0.1) is 0 Å². The molecule has 0 spiro atoms. The Balaban J connectivity index is 1.94. The summed E-state index contributed by atoms with van der Waals surface area (Å²) in [6.07, 6.45) is 16.2. The van der Waals surface area contributed by atoms with Crippen molar-refractivity contribution in [3.05, 3.63) is 30.1 Å². The van der Waals surface area contributed by atoms with Crippen molar-refractivity contribution in [3.63, 3.8) is 0 Å². The van der Waals surface area contributed by atoms with Gasteiger partial charge in [0.15, 0.2) is 12.4 Å². The van der Waals surface area contributed by atoms with Crippen molar-refractivity contribution in [3.8, 4) is 0 Å². The molecule has 0 bridgehead atoms. The van der Waals surface area contributed by atoms with E-state index in [0.717, 1.165) is 13.0 Å². The summed E-state index contributed by atoms with van der Waals surface area (Å²) in [6.45, 7) is 6.02. The number of nitrogens with zero attached hydrogens (tertiary/aromatic N) is 1. The lowest BCUT2D eigenvalue weighted by molar-refractivity contribution is -0.733. The Morgan fingerprint density at radius 2 is 1.65 bits per heavy atom. The van der Waals surface area contributed by atoms with Gasteiger partial charge in [0.05, 0.1) is 6.61 Å². The van der Waals surface area contributed by atoms with Crippen LogP contribution in [-0.2, 0) is 17.9 Å². The van der Waals surface area contributed by atoms with E-state index in [1.807, 2.05) is 0 Å². The van der Waals surface area contributed by atoms with E-state index >= 15 is 0 Å². The van der Waals surface area contributed by atoms with E-state index in [2.05, 4.69) is 42.9 Å². The first kappa shape index (κ1) is 17.2. The van der Waals surface area contributed by atoms with Crippen molar-refractivity contribution in [1.29, 1.82) is 0 Å².